The van der Waals surface area contributed by atoms with Gasteiger partial charge in [0.25, 0.3) is 11.4 Å². The standard InChI is InChI=1S/C31H31N7O6S/c1-17(2)23(24(40)26-36-37-28(44-26)31(3,4)29-33-19-13-9-10-14-21(19)45-29)35-22(39)16-38-25(18-11-7-6-8-12-18)32-15-20(27(38)41)34-30(42)43-5/h6-15,17,23H,16H2,1-5H3,(H,34,42)(H,35,39)/t23-/m0/s1. The number of nitrogens with one attached hydrogen (secondary N) is 2. The second-order valence-electron chi connectivity index (χ2n) is 11.0. The summed E-state index contributed by atoms with van der Waals surface area (Å²) in [5, 5.41) is 13.9. The van der Waals surface area contributed by atoms with E-state index in [1.54, 1.807) is 44.2 Å². The molecule has 0 aliphatic rings. The molecule has 3 aromatic heterocycles. The zero-order chi connectivity index (χ0) is 32.3. The van der Waals surface area contributed by atoms with Gasteiger partial charge in [-0.15, -0.1) is 21.5 Å². The summed E-state index contributed by atoms with van der Waals surface area (Å²) in [6, 6.07) is 15.5. The number of ketones is 1. The Morgan fingerprint density at radius 2 is 1.76 bits per heavy atom. The maximum atomic E-state index is 13.6. The summed E-state index contributed by atoms with van der Waals surface area (Å²) in [7, 11) is 1.16. The molecule has 2 aromatic carbocycles. The Hall–Kier alpha value is -5.24. The van der Waals surface area contributed by atoms with Crippen LogP contribution in [0.4, 0.5) is 10.5 Å². The number of hydrogen-bond acceptors (Lipinski definition) is 11. The molecule has 232 valence electrons. The first kappa shape index (κ1) is 31.2. The van der Waals surface area contributed by atoms with E-state index < -0.39 is 41.3 Å². The van der Waals surface area contributed by atoms with Gasteiger partial charge in [0.2, 0.25) is 17.6 Å². The first-order valence-corrected chi connectivity index (χ1v) is 14.8. The van der Waals surface area contributed by atoms with E-state index in [-0.39, 0.29) is 29.2 Å². The van der Waals surface area contributed by atoms with Crippen LogP contribution in [0.1, 0.15) is 49.3 Å². The molecule has 45 heavy (non-hydrogen) atoms. The van der Waals surface area contributed by atoms with Crippen molar-refractivity contribution in [2.45, 2.75) is 45.7 Å². The summed E-state index contributed by atoms with van der Waals surface area (Å²) >= 11 is 1.50. The number of para-hydroxylation sites is 1. The summed E-state index contributed by atoms with van der Waals surface area (Å²) in [4.78, 5) is 61.2. The second-order valence-corrected chi connectivity index (χ2v) is 12.1. The highest BCUT2D eigenvalue weighted by Gasteiger charge is 2.36. The Bertz CT molecular complexity index is 1900. The molecule has 2 N–H and O–H groups in total. The highest BCUT2D eigenvalue weighted by atomic mass is 32.1. The van der Waals surface area contributed by atoms with Crippen molar-refractivity contribution in [1.29, 1.82) is 0 Å². The minimum absolute atomic E-state index is 0.181. The van der Waals surface area contributed by atoms with Gasteiger partial charge >= 0.3 is 6.09 Å². The third kappa shape index (κ3) is 6.50. The molecule has 0 aliphatic heterocycles. The van der Waals surface area contributed by atoms with Crippen molar-refractivity contribution in [1.82, 2.24) is 30.0 Å². The number of fused-ring (bicyclic) bond motifs is 1. The van der Waals surface area contributed by atoms with Crippen LogP contribution < -0.4 is 16.2 Å². The molecule has 13 nitrogen and oxygen atoms in total. The Morgan fingerprint density at radius 3 is 2.44 bits per heavy atom. The maximum absolute atomic E-state index is 13.6. The zero-order valence-corrected chi connectivity index (χ0v) is 26.0. The van der Waals surface area contributed by atoms with Crippen LogP contribution in [-0.2, 0) is 21.5 Å². The van der Waals surface area contributed by atoms with E-state index in [0.29, 0.717) is 5.56 Å². The molecular weight excluding hydrogens is 598 g/mol. The first-order valence-electron chi connectivity index (χ1n) is 14.0. The van der Waals surface area contributed by atoms with Gasteiger partial charge in [-0.25, -0.2) is 14.8 Å². The number of Topliss-reactive ketones (excluding diaryl/α,β-unsaturated/α-hetero) is 1. The van der Waals surface area contributed by atoms with Crippen LogP contribution in [0.25, 0.3) is 21.6 Å². The van der Waals surface area contributed by atoms with Gasteiger partial charge in [-0.3, -0.25) is 24.3 Å². The van der Waals surface area contributed by atoms with Crippen LogP contribution >= 0.6 is 11.3 Å². The van der Waals surface area contributed by atoms with Crippen molar-refractivity contribution >= 4 is 45.0 Å². The molecule has 0 spiro atoms. The number of benzene rings is 2. The van der Waals surface area contributed by atoms with E-state index in [4.69, 9.17) is 9.40 Å². The normalized spacial score (nSPS) is 12.2. The van der Waals surface area contributed by atoms with Crippen molar-refractivity contribution in [2.75, 3.05) is 12.4 Å². The number of thiazole rings is 1. The quantitative estimate of drug-likeness (QED) is 0.211. The number of ether oxygens (including phenoxy) is 1. The van der Waals surface area contributed by atoms with Crippen LogP contribution in [0, 0.1) is 5.92 Å². The van der Waals surface area contributed by atoms with Crippen molar-refractivity contribution < 1.29 is 23.5 Å². The van der Waals surface area contributed by atoms with Crippen LogP contribution in [0.3, 0.4) is 0 Å². The van der Waals surface area contributed by atoms with Gasteiger partial charge in [-0.05, 0) is 31.9 Å². The Kier molecular flexibility index (Phi) is 8.86. The van der Waals surface area contributed by atoms with Crippen molar-refractivity contribution in [2.24, 2.45) is 5.92 Å². The average Bonchev–Trinajstić information content (AvgIpc) is 3.71. The summed E-state index contributed by atoms with van der Waals surface area (Å²) in [5.41, 5.74) is -0.231. The third-order valence-electron chi connectivity index (χ3n) is 7.07. The number of hydrogen-bond donors (Lipinski definition) is 2. The third-order valence-corrected chi connectivity index (χ3v) is 8.43. The van der Waals surface area contributed by atoms with Crippen molar-refractivity contribution in [3.05, 3.63) is 87.9 Å². The number of anilines is 1. The lowest BCUT2D eigenvalue weighted by Gasteiger charge is -2.21. The molecule has 14 heteroatoms. The number of methoxy groups -OCH3 is 1. The lowest BCUT2D eigenvalue weighted by Crippen LogP contribution is -2.46. The molecule has 0 fully saturated rings. The first-order chi connectivity index (χ1) is 21.5. The fourth-order valence-electron chi connectivity index (χ4n) is 4.54. The van der Waals surface area contributed by atoms with Gasteiger partial charge in [0, 0.05) is 5.56 Å². The molecule has 5 aromatic rings. The number of amides is 2. The SMILES string of the molecule is COC(=O)Nc1cnc(-c2ccccc2)n(CC(=O)N[C@H](C(=O)c2nnc(C(C)(C)c3nc4ccccc4s3)o2)C(C)C)c1=O. The molecule has 2 amide bonds. The second kappa shape index (κ2) is 12.8. The van der Waals surface area contributed by atoms with Gasteiger partial charge < -0.3 is 14.5 Å². The molecule has 0 unspecified atom stereocenters. The van der Waals surface area contributed by atoms with Gasteiger partial charge in [0.1, 0.15) is 23.1 Å². The summed E-state index contributed by atoms with van der Waals surface area (Å²) in [6.45, 7) is 6.79. The van der Waals surface area contributed by atoms with E-state index in [9.17, 15) is 19.2 Å². The summed E-state index contributed by atoms with van der Waals surface area (Å²) < 4.78 is 12.6. The monoisotopic (exact) mass is 629 g/mol. The van der Waals surface area contributed by atoms with Crippen LogP contribution in [0.5, 0.6) is 0 Å². The van der Waals surface area contributed by atoms with Crippen molar-refractivity contribution in [3.63, 3.8) is 0 Å². The Morgan fingerprint density at radius 1 is 1.04 bits per heavy atom. The lowest BCUT2D eigenvalue weighted by molar-refractivity contribution is -0.122. The van der Waals surface area contributed by atoms with E-state index in [2.05, 4.69) is 30.6 Å². The number of carbonyl (C=O) groups excluding carboxylic acids is 3. The highest BCUT2D eigenvalue weighted by molar-refractivity contribution is 7.18. The maximum Gasteiger partial charge on any atom is 0.411 e. The van der Waals surface area contributed by atoms with Crippen LogP contribution in [0.2, 0.25) is 0 Å². The molecule has 3 heterocycles. The minimum atomic E-state index is -1.04. The molecule has 1 atom stereocenters. The minimum Gasteiger partial charge on any atom is -0.453 e. The molecule has 0 saturated carbocycles. The fraction of sp³-hybridized carbons (Fsp3) is 0.290. The summed E-state index contributed by atoms with van der Waals surface area (Å²) in [5.74, 6) is -1.45. The topological polar surface area (TPSA) is 171 Å². The number of rotatable bonds is 10. The van der Waals surface area contributed by atoms with E-state index >= 15 is 0 Å². The number of aromatic nitrogens is 5. The number of carbonyl (C=O) groups is 3. The van der Waals surface area contributed by atoms with Crippen LogP contribution in [-0.4, -0.2) is 55.7 Å². The highest BCUT2D eigenvalue weighted by Crippen LogP contribution is 2.36. The zero-order valence-electron chi connectivity index (χ0n) is 25.2. The van der Waals surface area contributed by atoms with E-state index in [0.717, 1.165) is 26.9 Å². The lowest BCUT2D eigenvalue weighted by atomic mass is 9.94. The molecule has 0 bridgehead atoms. The largest absolute Gasteiger partial charge is 0.453 e. The Labute approximate surface area is 261 Å². The molecule has 0 aliphatic carbocycles. The van der Waals surface area contributed by atoms with Gasteiger partial charge in [-0.2, -0.15) is 0 Å². The summed E-state index contributed by atoms with van der Waals surface area (Å²) in [6.07, 6.45) is 0.326. The van der Waals surface area contributed by atoms with Gasteiger partial charge in [-0.1, -0.05) is 56.3 Å². The van der Waals surface area contributed by atoms with E-state index in [1.807, 2.05) is 38.1 Å². The number of nitrogens with zero attached hydrogens (tertiary/aromatic N) is 5. The fourth-order valence-corrected chi connectivity index (χ4v) is 5.60. The molecular formula is C31H31N7O6S. The predicted octanol–water partition coefficient (Wildman–Crippen LogP) is 4.43. The van der Waals surface area contributed by atoms with E-state index in [1.165, 1.54) is 17.5 Å². The van der Waals surface area contributed by atoms with Crippen LogP contribution in [0.15, 0.2) is 70.0 Å². The molecule has 5 rings (SSSR count). The predicted molar refractivity (Wildman–Crippen MR) is 167 cm³/mol. The smallest absolute Gasteiger partial charge is 0.411 e. The van der Waals surface area contributed by atoms with Gasteiger partial charge in [0.05, 0.1) is 35.0 Å². The van der Waals surface area contributed by atoms with Crippen molar-refractivity contribution in [3.8, 4) is 11.4 Å². The molecule has 0 radical (unpaired) electrons. The molecule has 0 saturated heterocycles. The Balaban J connectivity index is 1.39. The van der Waals surface area contributed by atoms with Gasteiger partial charge in [0.15, 0.2) is 0 Å². The average molecular weight is 630 g/mol.